The molecule has 0 radical (unpaired) electrons. The molecule has 124 valence electrons. The lowest BCUT2D eigenvalue weighted by molar-refractivity contribution is -0.133. The van der Waals surface area contributed by atoms with Gasteiger partial charge in [0.2, 0.25) is 5.91 Å². The number of ether oxygens (including phenoxy) is 2. The summed E-state index contributed by atoms with van der Waals surface area (Å²) in [5.74, 6) is 1.73. The normalized spacial score (nSPS) is 17.6. The molecule has 1 fully saturated rings. The number of nitrogens with zero attached hydrogens (tertiary/aromatic N) is 1. The molecule has 6 heteroatoms. The molecule has 1 heterocycles. The van der Waals surface area contributed by atoms with Crippen LogP contribution in [0.1, 0.15) is 18.9 Å². The van der Waals surface area contributed by atoms with Gasteiger partial charge in [0.1, 0.15) is 11.5 Å². The molecule has 1 atom stereocenters. The zero-order chi connectivity index (χ0) is 15.2. The zero-order valence-electron chi connectivity index (χ0n) is 13.4. The summed E-state index contributed by atoms with van der Waals surface area (Å²) in [5, 5.41) is 3.30. The second-order valence-corrected chi connectivity index (χ2v) is 5.36. The molecule has 5 nitrogen and oxygen atoms in total. The van der Waals surface area contributed by atoms with Crippen molar-refractivity contribution in [3.63, 3.8) is 0 Å². The SMILES string of the molecule is COc1cc(CCC(=O)N2CCNC[C@H]2C)cc(OC)c1.Cl. The predicted octanol–water partition coefficient (Wildman–Crippen LogP) is 1.88. The third kappa shape index (κ3) is 4.78. The van der Waals surface area contributed by atoms with Gasteiger partial charge in [0.15, 0.2) is 0 Å². The summed E-state index contributed by atoms with van der Waals surface area (Å²) in [7, 11) is 3.26. The van der Waals surface area contributed by atoms with Crippen molar-refractivity contribution in [2.24, 2.45) is 0 Å². The highest BCUT2D eigenvalue weighted by molar-refractivity contribution is 5.85. The summed E-state index contributed by atoms with van der Waals surface area (Å²) >= 11 is 0. The van der Waals surface area contributed by atoms with Crippen LogP contribution in [0.25, 0.3) is 0 Å². The van der Waals surface area contributed by atoms with Crippen LogP contribution in [-0.2, 0) is 11.2 Å². The Hall–Kier alpha value is -1.46. The average Bonchev–Trinajstić information content (AvgIpc) is 2.52. The number of rotatable bonds is 5. The van der Waals surface area contributed by atoms with E-state index in [1.165, 1.54) is 0 Å². The number of amides is 1. The van der Waals surface area contributed by atoms with Gasteiger partial charge < -0.3 is 19.7 Å². The van der Waals surface area contributed by atoms with Gasteiger partial charge in [-0.3, -0.25) is 4.79 Å². The molecule has 0 aromatic heterocycles. The number of halogens is 1. The van der Waals surface area contributed by atoms with Crippen molar-refractivity contribution in [1.29, 1.82) is 0 Å². The summed E-state index contributed by atoms with van der Waals surface area (Å²) in [6.45, 7) is 4.63. The lowest BCUT2D eigenvalue weighted by Crippen LogP contribution is -2.52. The van der Waals surface area contributed by atoms with E-state index in [-0.39, 0.29) is 24.4 Å². The van der Waals surface area contributed by atoms with Crippen LogP contribution in [0.3, 0.4) is 0 Å². The highest BCUT2D eigenvalue weighted by atomic mass is 35.5. The number of carbonyl (C=O) groups excluding carboxylic acids is 1. The average molecular weight is 329 g/mol. The minimum atomic E-state index is 0. The van der Waals surface area contributed by atoms with Gasteiger partial charge in [-0.15, -0.1) is 12.4 Å². The van der Waals surface area contributed by atoms with E-state index >= 15 is 0 Å². The van der Waals surface area contributed by atoms with E-state index in [1.807, 2.05) is 23.1 Å². The summed E-state index contributed by atoms with van der Waals surface area (Å²) in [6, 6.07) is 6.02. The van der Waals surface area contributed by atoms with Crippen molar-refractivity contribution in [2.45, 2.75) is 25.8 Å². The van der Waals surface area contributed by atoms with Crippen molar-refractivity contribution in [3.05, 3.63) is 23.8 Å². The molecule has 1 aromatic carbocycles. The van der Waals surface area contributed by atoms with E-state index in [2.05, 4.69) is 12.2 Å². The number of piperazine rings is 1. The standard InChI is InChI=1S/C16H24N2O3.ClH/c1-12-11-17-6-7-18(12)16(19)5-4-13-8-14(20-2)10-15(9-13)21-3;/h8-10,12,17H,4-7,11H2,1-3H3;1H/t12-;/m1./s1. The molecule has 1 aliphatic rings. The highest BCUT2D eigenvalue weighted by Gasteiger charge is 2.22. The van der Waals surface area contributed by atoms with Crippen LogP contribution in [0.2, 0.25) is 0 Å². The molecule has 0 unspecified atom stereocenters. The van der Waals surface area contributed by atoms with Gasteiger partial charge in [0.05, 0.1) is 14.2 Å². The van der Waals surface area contributed by atoms with E-state index in [4.69, 9.17) is 9.47 Å². The van der Waals surface area contributed by atoms with Crippen LogP contribution < -0.4 is 14.8 Å². The molecule has 1 N–H and O–H groups in total. The molecule has 0 bridgehead atoms. The Labute approximate surface area is 138 Å². The zero-order valence-corrected chi connectivity index (χ0v) is 14.2. The predicted molar refractivity (Wildman–Crippen MR) is 89.2 cm³/mol. The number of benzene rings is 1. The Bertz CT molecular complexity index is 474. The van der Waals surface area contributed by atoms with Crippen molar-refractivity contribution >= 4 is 18.3 Å². The van der Waals surface area contributed by atoms with Crippen LogP contribution in [-0.4, -0.2) is 50.7 Å². The van der Waals surface area contributed by atoms with Gasteiger partial charge in [0.25, 0.3) is 0 Å². The summed E-state index contributed by atoms with van der Waals surface area (Å²) in [4.78, 5) is 14.3. The Morgan fingerprint density at radius 1 is 1.27 bits per heavy atom. The molecule has 2 rings (SSSR count). The molecular formula is C16H25ClN2O3. The number of methoxy groups -OCH3 is 2. The molecule has 1 saturated heterocycles. The molecule has 0 aliphatic carbocycles. The maximum absolute atomic E-state index is 12.3. The number of hydrogen-bond acceptors (Lipinski definition) is 4. The van der Waals surface area contributed by atoms with Crippen LogP contribution in [0.5, 0.6) is 11.5 Å². The fourth-order valence-corrected chi connectivity index (χ4v) is 2.62. The first kappa shape index (κ1) is 18.6. The highest BCUT2D eigenvalue weighted by Crippen LogP contribution is 2.23. The fraction of sp³-hybridized carbons (Fsp3) is 0.562. The van der Waals surface area contributed by atoms with Crippen molar-refractivity contribution in [3.8, 4) is 11.5 Å². The van der Waals surface area contributed by atoms with E-state index in [0.29, 0.717) is 12.8 Å². The monoisotopic (exact) mass is 328 g/mol. The fourth-order valence-electron chi connectivity index (χ4n) is 2.62. The van der Waals surface area contributed by atoms with Gasteiger partial charge >= 0.3 is 0 Å². The maximum Gasteiger partial charge on any atom is 0.223 e. The Morgan fingerprint density at radius 3 is 2.45 bits per heavy atom. The topological polar surface area (TPSA) is 50.8 Å². The van der Waals surface area contributed by atoms with Crippen LogP contribution in [0, 0.1) is 0 Å². The van der Waals surface area contributed by atoms with E-state index in [1.54, 1.807) is 14.2 Å². The first-order valence-corrected chi connectivity index (χ1v) is 7.36. The van der Waals surface area contributed by atoms with Crippen LogP contribution >= 0.6 is 12.4 Å². The number of aryl methyl sites for hydroxylation is 1. The minimum Gasteiger partial charge on any atom is -0.497 e. The number of carbonyl (C=O) groups is 1. The van der Waals surface area contributed by atoms with Crippen molar-refractivity contribution in [1.82, 2.24) is 10.2 Å². The third-order valence-electron chi connectivity index (χ3n) is 3.86. The molecular weight excluding hydrogens is 304 g/mol. The molecule has 22 heavy (non-hydrogen) atoms. The Kier molecular flexibility index (Phi) is 7.48. The summed E-state index contributed by atoms with van der Waals surface area (Å²) in [5.41, 5.74) is 1.06. The van der Waals surface area contributed by atoms with Gasteiger partial charge in [-0.2, -0.15) is 0 Å². The second-order valence-electron chi connectivity index (χ2n) is 5.36. The number of hydrogen-bond donors (Lipinski definition) is 1. The smallest absolute Gasteiger partial charge is 0.223 e. The molecule has 0 saturated carbocycles. The molecule has 1 aliphatic heterocycles. The van der Waals surface area contributed by atoms with E-state index < -0.39 is 0 Å². The first-order valence-electron chi connectivity index (χ1n) is 7.36. The second kappa shape index (κ2) is 8.86. The largest absolute Gasteiger partial charge is 0.497 e. The lowest BCUT2D eigenvalue weighted by atomic mass is 10.1. The van der Waals surface area contributed by atoms with Crippen molar-refractivity contribution in [2.75, 3.05) is 33.9 Å². The maximum atomic E-state index is 12.3. The van der Waals surface area contributed by atoms with Crippen LogP contribution in [0.4, 0.5) is 0 Å². The molecule has 1 aromatic rings. The van der Waals surface area contributed by atoms with Gasteiger partial charge in [-0.1, -0.05) is 0 Å². The molecule has 1 amide bonds. The summed E-state index contributed by atoms with van der Waals surface area (Å²) < 4.78 is 10.5. The van der Waals surface area contributed by atoms with Gasteiger partial charge in [-0.05, 0) is 31.0 Å². The minimum absolute atomic E-state index is 0. The first-order chi connectivity index (χ1) is 10.1. The number of nitrogens with one attached hydrogen (secondary N) is 1. The van der Waals surface area contributed by atoms with Gasteiger partial charge in [0, 0.05) is 38.2 Å². The van der Waals surface area contributed by atoms with E-state index in [9.17, 15) is 4.79 Å². The Balaban J connectivity index is 0.00000242. The lowest BCUT2D eigenvalue weighted by Gasteiger charge is -2.34. The van der Waals surface area contributed by atoms with Crippen LogP contribution in [0.15, 0.2) is 18.2 Å². The Morgan fingerprint density at radius 2 is 1.91 bits per heavy atom. The quantitative estimate of drug-likeness (QED) is 0.896. The van der Waals surface area contributed by atoms with Gasteiger partial charge in [-0.25, -0.2) is 0 Å². The van der Waals surface area contributed by atoms with E-state index in [0.717, 1.165) is 36.7 Å². The third-order valence-corrected chi connectivity index (χ3v) is 3.86. The molecule has 0 spiro atoms. The summed E-state index contributed by atoms with van der Waals surface area (Å²) in [6.07, 6.45) is 1.21. The van der Waals surface area contributed by atoms with Crippen molar-refractivity contribution < 1.29 is 14.3 Å².